The van der Waals surface area contributed by atoms with Crippen LogP contribution in [-0.4, -0.2) is 40.4 Å². The van der Waals surface area contributed by atoms with Crippen LogP contribution in [0.5, 0.6) is 0 Å². The Morgan fingerprint density at radius 3 is 2.19 bits per heavy atom. The van der Waals surface area contributed by atoms with Crippen molar-refractivity contribution in [3.05, 3.63) is 23.8 Å². The van der Waals surface area contributed by atoms with Crippen molar-refractivity contribution in [2.45, 2.75) is 28.7 Å². The molecule has 1 aromatic rings. The Hall–Kier alpha value is -1.45. The molecule has 0 saturated heterocycles. The van der Waals surface area contributed by atoms with E-state index in [2.05, 4.69) is 0 Å². The van der Waals surface area contributed by atoms with E-state index >= 15 is 0 Å². The highest BCUT2D eigenvalue weighted by molar-refractivity contribution is 7.93. The minimum absolute atomic E-state index is 0.00503. The van der Waals surface area contributed by atoms with Gasteiger partial charge in [-0.2, -0.15) is 0 Å². The summed E-state index contributed by atoms with van der Waals surface area (Å²) in [6, 6.07) is 3.10. The van der Waals surface area contributed by atoms with Gasteiger partial charge >= 0.3 is 5.97 Å². The predicted molar refractivity (Wildman–Crippen MR) is 76.5 cm³/mol. The van der Waals surface area contributed by atoms with Gasteiger partial charge in [-0.3, -0.25) is 4.79 Å². The van der Waals surface area contributed by atoms with Gasteiger partial charge in [-0.05, 0) is 18.1 Å². The Morgan fingerprint density at radius 1 is 1.19 bits per heavy atom. The van der Waals surface area contributed by atoms with Gasteiger partial charge in [-0.1, -0.05) is 12.1 Å². The molecule has 0 saturated carbocycles. The van der Waals surface area contributed by atoms with Gasteiger partial charge in [0.25, 0.3) is 0 Å². The zero-order valence-electron chi connectivity index (χ0n) is 11.6. The third-order valence-electron chi connectivity index (χ3n) is 2.85. The van der Waals surface area contributed by atoms with Crippen LogP contribution in [0.15, 0.2) is 28.0 Å². The third kappa shape index (κ3) is 4.51. The molecule has 1 unspecified atom stereocenters. The number of sulfone groups is 2. The van der Waals surface area contributed by atoms with Gasteiger partial charge in [0.05, 0.1) is 9.79 Å². The van der Waals surface area contributed by atoms with Gasteiger partial charge in [0.15, 0.2) is 19.7 Å². The van der Waals surface area contributed by atoms with Crippen LogP contribution in [0.3, 0.4) is 0 Å². The Bertz CT molecular complexity index is 752. The third-order valence-corrected chi connectivity index (χ3v) is 5.31. The van der Waals surface area contributed by atoms with Crippen molar-refractivity contribution < 1.29 is 26.7 Å². The van der Waals surface area contributed by atoms with E-state index in [1.807, 2.05) is 0 Å². The minimum atomic E-state index is -3.84. The smallest absolute Gasteiger partial charge is 0.303 e. The van der Waals surface area contributed by atoms with Crippen molar-refractivity contribution in [1.82, 2.24) is 0 Å². The van der Waals surface area contributed by atoms with E-state index in [1.54, 1.807) is 0 Å². The number of benzene rings is 1. The summed E-state index contributed by atoms with van der Waals surface area (Å²) in [4.78, 5) is 9.89. The van der Waals surface area contributed by atoms with Crippen molar-refractivity contribution in [3.8, 4) is 0 Å². The molecule has 0 fully saturated rings. The minimum Gasteiger partial charge on any atom is -0.481 e. The molecule has 7 nitrogen and oxygen atoms in total. The average Bonchev–Trinajstić information content (AvgIpc) is 2.32. The Kier molecular flexibility index (Phi) is 5.13. The lowest BCUT2D eigenvalue weighted by atomic mass is 10.0. The van der Waals surface area contributed by atoms with E-state index in [9.17, 15) is 21.6 Å². The summed E-state index contributed by atoms with van der Waals surface area (Å²) < 4.78 is 47.3. The van der Waals surface area contributed by atoms with E-state index in [-0.39, 0.29) is 28.2 Å². The van der Waals surface area contributed by atoms with E-state index in [0.717, 1.165) is 12.5 Å². The van der Waals surface area contributed by atoms with Crippen LogP contribution in [0.1, 0.15) is 24.4 Å². The Morgan fingerprint density at radius 2 is 1.76 bits per heavy atom. The summed E-state index contributed by atoms with van der Waals surface area (Å²) in [6.07, 6.45) is 1.56. The summed E-state index contributed by atoms with van der Waals surface area (Å²) in [5, 5.41) is 8.65. The zero-order chi connectivity index (χ0) is 16.4. The monoisotopic (exact) mass is 335 g/mol. The van der Waals surface area contributed by atoms with Crippen molar-refractivity contribution >= 4 is 25.6 Å². The topological polar surface area (TPSA) is 132 Å². The van der Waals surface area contributed by atoms with Crippen LogP contribution < -0.4 is 5.73 Å². The van der Waals surface area contributed by atoms with E-state index in [1.165, 1.54) is 18.2 Å². The first-order valence-corrected chi connectivity index (χ1v) is 9.73. The van der Waals surface area contributed by atoms with Gasteiger partial charge in [0, 0.05) is 25.0 Å². The van der Waals surface area contributed by atoms with Gasteiger partial charge in [-0.15, -0.1) is 0 Å². The zero-order valence-corrected chi connectivity index (χ0v) is 13.2. The molecule has 0 heterocycles. The quantitative estimate of drug-likeness (QED) is 0.767. The van der Waals surface area contributed by atoms with Crippen molar-refractivity contribution in [2.24, 2.45) is 5.73 Å². The molecule has 0 amide bonds. The summed E-state index contributed by atoms with van der Waals surface area (Å²) >= 11 is 0. The number of carbonyl (C=O) groups is 1. The maximum atomic E-state index is 11.9. The maximum Gasteiger partial charge on any atom is 0.303 e. The summed E-state index contributed by atoms with van der Waals surface area (Å²) in [5.74, 6) is -1.06. The number of hydrogen-bond donors (Lipinski definition) is 2. The number of carboxylic acid groups (broad SMARTS) is 1. The van der Waals surface area contributed by atoms with Gasteiger partial charge in [0.1, 0.15) is 0 Å². The molecule has 0 bridgehead atoms. The predicted octanol–water partition coefficient (Wildman–Crippen LogP) is 0.358. The molecule has 0 aliphatic carbocycles. The Balaban J connectivity index is 3.50. The lowest BCUT2D eigenvalue weighted by Crippen LogP contribution is -2.18. The summed E-state index contributed by atoms with van der Waals surface area (Å²) in [7, 11) is -7.59. The fourth-order valence-electron chi connectivity index (χ4n) is 1.95. The van der Waals surface area contributed by atoms with Gasteiger partial charge < -0.3 is 10.8 Å². The molecule has 0 aliphatic heterocycles. The van der Waals surface area contributed by atoms with Crippen LogP contribution in [0.25, 0.3) is 0 Å². The molecule has 0 aliphatic rings. The molecule has 1 aromatic carbocycles. The average molecular weight is 335 g/mol. The second-order valence-corrected chi connectivity index (χ2v) is 8.69. The first kappa shape index (κ1) is 17.6. The second-order valence-electron chi connectivity index (χ2n) is 4.76. The summed E-state index contributed by atoms with van der Waals surface area (Å²) in [6.45, 7) is 0. The molecule has 118 valence electrons. The molecular weight excluding hydrogens is 318 g/mol. The van der Waals surface area contributed by atoms with Crippen molar-refractivity contribution in [3.63, 3.8) is 0 Å². The first-order valence-electron chi connectivity index (χ1n) is 5.95. The number of carboxylic acids is 1. The molecular formula is C12H17NO6S2. The largest absolute Gasteiger partial charge is 0.481 e. The number of hydrogen-bond acceptors (Lipinski definition) is 6. The highest BCUT2D eigenvalue weighted by atomic mass is 32.2. The SMILES string of the molecule is CS(=O)(=O)c1cccc(C(N)CCC(=O)O)c1S(C)(=O)=O. The molecule has 1 atom stereocenters. The van der Waals surface area contributed by atoms with Crippen LogP contribution >= 0.6 is 0 Å². The molecule has 1 rings (SSSR count). The molecule has 21 heavy (non-hydrogen) atoms. The first-order chi connectivity index (χ1) is 9.44. The van der Waals surface area contributed by atoms with Crippen molar-refractivity contribution in [2.75, 3.05) is 12.5 Å². The lowest BCUT2D eigenvalue weighted by molar-refractivity contribution is -0.137. The molecule has 3 N–H and O–H groups in total. The van der Waals surface area contributed by atoms with Gasteiger partial charge in [0.2, 0.25) is 0 Å². The van der Waals surface area contributed by atoms with Crippen LogP contribution in [0.2, 0.25) is 0 Å². The van der Waals surface area contributed by atoms with Gasteiger partial charge in [-0.25, -0.2) is 16.8 Å². The number of nitrogens with two attached hydrogens (primary N) is 1. The molecule has 0 spiro atoms. The molecule has 9 heteroatoms. The highest BCUT2D eigenvalue weighted by Gasteiger charge is 2.26. The van der Waals surface area contributed by atoms with Crippen LogP contribution in [0, 0.1) is 0 Å². The molecule has 0 radical (unpaired) electrons. The highest BCUT2D eigenvalue weighted by Crippen LogP contribution is 2.30. The van der Waals surface area contributed by atoms with E-state index in [4.69, 9.17) is 10.8 Å². The van der Waals surface area contributed by atoms with Crippen LogP contribution in [0.4, 0.5) is 0 Å². The lowest BCUT2D eigenvalue weighted by Gasteiger charge is -2.17. The second kappa shape index (κ2) is 6.12. The van der Waals surface area contributed by atoms with E-state index < -0.39 is 31.7 Å². The fraction of sp³-hybridized carbons (Fsp3) is 0.417. The maximum absolute atomic E-state index is 11.9. The Labute approximate surface area is 123 Å². The normalized spacial score (nSPS) is 13.9. The number of aliphatic carboxylic acids is 1. The standard InChI is InChI=1S/C12H17NO6S2/c1-20(16,17)10-5-3-4-8(12(10)21(2,18)19)9(13)6-7-11(14)15/h3-5,9H,6-7,13H2,1-2H3,(H,14,15). The summed E-state index contributed by atoms with van der Waals surface area (Å²) in [5.41, 5.74) is 5.94. The van der Waals surface area contributed by atoms with Crippen molar-refractivity contribution in [1.29, 1.82) is 0 Å². The molecule has 0 aromatic heterocycles. The number of rotatable bonds is 6. The van der Waals surface area contributed by atoms with E-state index in [0.29, 0.717) is 0 Å². The fourth-order valence-corrected chi connectivity index (χ4v) is 4.72. The van der Waals surface area contributed by atoms with Crippen LogP contribution in [-0.2, 0) is 24.5 Å².